The van der Waals surface area contributed by atoms with Gasteiger partial charge in [0.2, 0.25) is 0 Å². The molecule has 1 aliphatic heterocycles. The van der Waals surface area contributed by atoms with Gasteiger partial charge in [-0.15, -0.1) is 0 Å². The van der Waals surface area contributed by atoms with Crippen LogP contribution in [0.15, 0.2) is 42.5 Å². The molecule has 1 saturated heterocycles. The van der Waals surface area contributed by atoms with Gasteiger partial charge < -0.3 is 24.4 Å². The summed E-state index contributed by atoms with van der Waals surface area (Å²) in [5, 5.41) is 3.08. The van der Waals surface area contributed by atoms with Crippen molar-refractivity contribution < 1.29 is 24.4 Å². The molecule has 152 valence electrons. The van der Waals surface area contributed by atoms with E-state index in [2.05, 4.69) is 17.4 Å². The average Bonchev–Trinajstić information content (AvgIpc) is 2.73. The molecule has 2 aromatic rings. The number of halogens is 1. The minimum Gasteiger partial charge on any atom is -0.493 e. The zero-order valence-electron chi connectivity index (χ0n) is 16.6. The Hall–Kier alpha value is -1.79. The van der Waals surface area contributed by atoms with Crippen LogP contribution in [-0.2, 0) is 17.9 Å². The van der Waals surface area contributed by atoms with Gasteiger partial charge in [-0.25, -0.2) is 0 Å². The second-order valence-corrected chi connectivity index (χ2v) is 7.59. The van der Waals surface area contributed by atoms with E-state index in [9.17, 15) is 0 Å². The van der Waals surface area contributed by atoms with Crippen LogP contribution in [0.3, 0.4) is 0 Å². The maximum absolute atomic E-state index is 6.03. The molecule has 0 amide bonds. The van der Waals surface area contributed by atoms with Gasteiger partial charge >= 0.3 is 0 Å². The van der Waals surface area contributed by atoms with Gasteiger partial charge in [0.05, 0.1) is 33.4 Å². The predicted octanol–water partition coefficient (Wildman–Crippen LogP) is 1.30. The number of morpholine rings is 1. The Morgan fingerprint density at radius 2 is 1.93 bits per heavy atom. The van der Waals surface area contributed by atoms with Crippen LogP contribution in [-0.4, -0.2) is 46.5 Å². The molecule has 0 atom stereocenters. The highest BCUT2D eigenvalue weighted by molar-refractivity contribution is 6.30. The average molecular weight is 407 g/mol. The lowest BCUT2D eigenvalue weighted by atomic mass is 10.2. The fourth-order valence-corrected chi connectivity index (χ4v) is 3.63. The van der Waals surface area contributed by atoms with Crippen molar-refractivity contribution in [3.63, 3.8) is 0 Å². The molecule has 0 aromatic heterocycles. The molecule has 1 heterocycles. The molecule has 3 N–H and O–H groups in total. The molecule has 5 nitrogen and oxygen atoms in total. The van der Waals surface area contributed by atoms with E-state index < -0.39 is 0 Å². The van der Waals surface area contributed by atoms with Crippen LogP contribution in [0.5, 0.6) is 11.5 Å². The Bertz CT molecular complexity index is 735. The van der Waals surface area contributed by atoms with E-state index in [0.29, 0.717) is 11.6 Å². The summed E-state index contributed by atoms with van der Waals surface area (Å²) >= 11 is 6.03. The fourth-order valence-electron chi connectivity index (χ4n) is 3.42. The second-order valence-electron chi connectivity index (χ2n) is 7.15. The molecule has 0 spiro atoms. The Morgan fingerprint density at radius 1 is 1.07 bits per heavy atom. The molecule has 0 bridgehead atoms. The zero-order valence-corrected chi connectivity index (χ0v) is 17.3. The molecular formula is C22H31ClN2O3+2. The van der Waals surface area contributed by atoms with Gasteiger partial charge in [-0.2, -0.15) is 0 Å². The zero-order chi connectivity index (χ0) is 19.6. The van der Waals surface area contributed by atoms with Gasteiger partial charge in [0.15, 0.2) is 11.5 Å². The molecule has 0 saturated carbocycles. The van der Waals surface area contributed by atoms with Crippen molar-refractivity contribution in [2.24, 2.45) is 0 Å². The van der Waals surface area contributed by atoms with Crippen molar-refractivity contribution in [1.82, 2.24) is 0 Å². The summed E-state index contributed by atoms with van der Waals surface area (Å²) in [5.41, 5.74) is 2.28. The topological polar surface area (TPSA) is 48.7 Å². The third-order valence-electron chi connectivity index (χ3n) is 5.03. The maximum atomic E-state index is 6.03. The molecule has 6 heteroatoms. The third kappa shape index (κ3) is 6.67. The molecule has 28 heavy (non-hydrogen) atoms. The lowest BCUT2D eigenvalue weighted by Gasteiger charge is -2.23. The summed E-state index contributed by atoms with van der Waals surface area (Å²) in [5.74, 6) is 1.52. The van der Waals surface area contributed by atoms with E-state index in [0.717, 1.165) is 56.5 Å². The highest BCUT2D eigenvalue weighted by Gasteiger charge is 2.13. The van der Waals surface area contributed by atoms with Gasteiger partial charge in [-0.3, -0.25) is 0 Å². The molecule has 3 rings (SSSR count). The minimum atomic E-state index is 0.465. The first kappa shape index (κ1) is 20.9. The first-order valence-electron chi connectivity index (χ1n) is 10.0. The van der Waals surface area contributed by atoms with E-state index >= 15 is 0 Å². The minimum absolute atomic E-state index is 0.465. The number of nitrogens with two attached hydrogens (primary N) is 1. The van der Waals surface area contributed by atoms with Gasteiger partial charge in [0.1, 0.15) is 26.2 Å². The summed E-state index contributed by atoms with van der Waals surface area (Å²) in [7, 11) is 1.68. The largest absolute Gasteiger partial charge is 0.493 e. The predicted molar refractivity (Wildman–Crippen MR) is 110 cm³/mol. The van der Waals surface area contributed by atoms with Crippen LogP contribution in [0.1, 0.15) is 17.5 Å². The van der Waals surface area contributed by atoms with E-state index in [1.807, 2.05) is 30.3 Å². The number of hydrogen-bond donors (Lipinski definition) is 2. The van der Waals surface area contributed by atoms with Gasteiger partial charge in [-0.1, -0.05) is 23.7 Å². The maximum Gasteiger partial charge on any atom is 0.161 e. The Balaban J connectivity index is 1.43. The fraction of sp³-hybridized carbons (Fsp3) is 0.455. The van der Waals surface area contributed by atoms with E-state index in [4.69, 9.17) is 25.8 Å². The quantitative estimate of drug-likeness (QED) is 0.585. The third-order valence-corrected chi connectivity index (χ3v) is 5.27. The number of benzene rings is 2. The van der Waals surface area contributed by atoms with Crippen molar-refractivity contribution in [3.8, 4) is 11.5 Å². The van der Waals surface area contributed by atoms with E-state index in [1.54, 1.807) is 12.0 Å². The van der Waals surface area contributed by atoms with Crippen LogP contribution in [0.25, 0.3) is 0 Å². The monoisotopic (exact) mass is 406 g/mol. The van der Waals surface area contributed by atoms with Crippen molar-refractivity contribution in [2.75, 3.05) is 46.5 Å². The number of hydrogen-bond acceptors (Lipinski definition) is 3. The van der Waals surface area contributed by atoms with Gasteiger partial charge in [0, 0.05) is 17.0 Å². The summed E-state index contributed by atoms with van der Waals surface area (Å²) in [6.07, 6.45) is 1.23. The molecule has 0 unspecified atom stereocenters. The lowest BCUT2D eigenvalue weighted by molar-refractivity contribution is -0.909. The lowest BCUT2D eigenvalue weighted by Crippen LogP contribution is -3.14. The van der Waals surface area contributed by atoms with Crippen LogP contribution < -0.4 is 19.7 Å². The summed E-state index contributed by atoms with van der Waals surface area (Å²) in [4.78, 5) is 1.67. The van der Waals surface area contributed by atoms with Crippen LogP contribution in [0.2, 0.25) is 5.02 Å². The number of rotatable bonds is 10. The number of quaternary nitrogens is 2. The van der Waals surface area contributed by atoms with E-state index in [1.165, 1.54) is 18.5 Å². The first-order chi connectivity index (χ1) is 13.7. The van der Waals surface area contributed by atoms with Crippen LogP contribution in [0, 0.1) is 0 Å². The molecular weight excluding hydrogens is 376 g/mol. The molecule has 1 aliphatic rings. The Kier molecular flexibility index (Phi) is 8.42. The SMILES string of the molecule is COc1cc(C[NH2+]CCC[NH+]2CCOCC2)ccc1OCc1cccc(Cl)c1. The van der Waals surface area contributed by atoms with Crippen molar-refractivity contribution in [1.29, 1.82) is 0 Å². The standard InChI is InChI=1S/C22H29ClN2O3/c1-26-22-15-18(16-24-8-3-9-25-10-12-27-13-11-25)6-7-21(22)28-17-19-4-2-5-20(23)14-19/h2,4-7,14-15,24H,3,8-13,16-17H2,1H3/p+2. The molecule has 2 aromatic carbocycles. The smallest absolute Gasteiger partial charge is 0.161 e. The van der Waals surface area contributed by atoms with Crippen molar-refractivity contribution >= 4 is 11.6 Å². The normalized spacial score (nSPS) is 14.8. The molecule has 1 fully saturated rings. The number of nitrogens with one attached hydrogen (secondary N) is 1. The number of methoxy groups -OCH3 is 1. The highest BCUT2D eigenvalue weighted by atomic mass is 35.5. The number of ether oxygens (including phenoxy) is 3. The summed E-state index contributed by atoms with van der Waals surface area (Å²) < 4.78 is 16.9. The highest BCUT2D eigenvalue weighted by Crippen LogP contribution is 2.28. The second kappa shape index (κ2) is 11.3. The van der Waals surface area contributed by atoms with Crippen LogP contribution >= 0.6 is 11.6 Å². The molecule has 0 radical (unpaired) electrons. The van der Waals surface area contributed by atoms with Crippen molar-refractivity contribution in [3.05, 3.63) is 58.6 Å². The Morgan fingerprint density at radius 3 is 2.71 bits per heavy atom. The van der Waals surface area contributed by atoms with Crippen molar-refractivity contribution in [2.45, 2.75) is 19.6 Å². The molecule has 0 aliphatic carbocycles. The van der Waals surface area contributed by atoms with Crippen LogP contribution in [0.4, 0.5) is 0 Å². The van der Waals surface area contributed by atoms with E-state index in [-0.39, 0.29) is 0 Å². The van der Waals surface area contributed by atoms with Gasteiger partial charge in [-0.05, 0) is 35.9 Å². The summed E-state index contributed by atoms with van der Waals surface area (Å²) in [6, 6.07) is 13.9. The van der Waals surface area contributed by atoms with Gasteiger partial charge in [0.25, 0.3) is 0 Å². The summed E-state index contributed by atoms with van der Waals surface area (Å²) in [6.45, 7) is 7.89. The first-order valence-corrected chi connectivity index (χ1v) is 10.4. The Labute approximate surface area is 172 Å².